The summed E-state index contributed by atoms with van der Waals surface area (Å²) < 4.78 is 0. The number of halogens is 2. The highest BCUT2D eigenvalue weighted by molar-refractivity contribution is 8.00. The Hall–Kier alpha value is -0.680. The minimum Gasteiger partial charge on any atom is -0.322 e. The highest BCUT2D eigenvalue weighted by Crippen LogP contribution is 2.46. The van der Waals surface area contributed by atoms with Gasteiger partial charge in [-0.25, -0.2) is 0 Å². The molecule has 0 radical (unpaired) electrons. The second-order valence-corrected chi connectivity index (χ2v) is 8.64. The lowest BCUT2D eigenvalue weighted by atomic mass is 10.0. The molecule has 1 unspecified atom stereocenters. The van der Waals surface area contributed by atoms with Gasteiger partial charge in [-0.3, -0.25) is 4.79 Å². The van der Waals surface area contributed by atoms with Crippen molar-refractivity contribution in [3.63, 3.8) is 0 Å². The third kappa shape index (κ3) is 2.80. The Bertz CT molecular complexity index is 808. The number of nitrogens with zero attached hydrogens (tertiary/aromatic N) is 1. The molecule has 2 fully saturated rings. The first-order chi connectivity index (χ1) is 11.0. The second-order valence-electron chi connectivity index (χ2n) is 6.55. The Labute approximate surface area is 149 Å². The van der Waals surface area contributed by atoms with E-state index in [0.717, 1.165) is 10.3 Å². The third-order valence-corrected chi connectivity index (χ3v) is 7.51. The summed E-state index contributed by atoms with van der Waals surface area (Å²) in [5.41, 5.74) is 0.553. The smallest absolute Gasteiger partial charge is 0.248 e. The lowest BCUT2D eigenvalue weighted by molar-refractivity contribution is 0.183. The number of nitrogens with one attached hydrogen (secondary N) is 1. The van der Waals surface area contributed by atoms with E-state index in [1.54, 1.807) is 17.8 Å². The van der Waals surface area contributed by atoms with Crippen LogP contribution in [0.25, 0.3) is 10.9 Å². The maximum Gasteiger partial charge on any atom is 0.248 e. The van der Waals surface area contributed by atoms with Crippen LogP contribution in [0.2, 0.25) is 10.0 Å². The van der Waals surface area contributed by atoms with Gasteiger partial charge in [0.2, 0.25) is 5.56 Å². The van der Waals surface area contributed by atoms with Crippen LogP contribution in [0.3, 0.4) is 0 Å². The molecule has 2 aromatic rings. The Morgan fingerprint density at radius 2 is 1.91 bits per heavy atom. The van der Waals surface area contributed by atoms with Crippen LogP contribution in [0.4, 0.5) is 0 Å². The van der Waals surface area contributed by atoms with Gasteiger partial charge in [-0.15, -0.1) is 11.8 Å². The molecule has 6 heteroatoms. The fraction of sp³-hybridized carbons (Fsp3) is 0.471. The first kappa shape index (κ1) is 15.8. The van der Waals surface area contributed by atoms with Gasteiger partial charge in [-0.2, -0.15) is 0 Å². The number of aromatic nitrogens is 1. The second kappa shape index (κ2) is 5.99. The fourth-order valence-electron chi connectivity index (χ4n) is 3.95. The minimum absolute atomic E-state index is 0.142. The summed E-state index contributed by atoms with van der Waals surface area (Å²) in [5.74, 6) is 0. The number of fused-ring (bicyclic) bond motifs is 3. The monoisotopic (exact) mass is 368 g/mol. The zero-order valence-corrected chi connectivity index (χ0v) is 15.1. The molecule has 2 aliphatic heterocycles. The van der Waals surface area contributed by atoms with Crippen LogP contribution < -0.4 is 5.56 Å². The van der Waals surface area contributed by atoms with Gasteiger partial charge in [-0.1, -0.05) is 23.2 Å². The number of H-pyrrole nitrogens is 1. The van der Waals surface area contributed by atoms with E-state index in [4.69, 9.17) is 23.2 Å². The molecule has 0 amide bonds. The van der Waals surface area contributed by atoms with E-state index >= 15 is 0 Å². The first-order valence-corrected chi connectivity index (χ1v) is 9.56. The average molecular weight is 369 g/mol. The topological polar surface area (TPSA) is 36.1 Å². The number of rotatable bonds is 2. The maximum atomic E-state index is 11.5. The number of thioether (sulfide) groups is 1. The van der Waals surface area contributed by atoms with Crippen molar-refractivity contribution in [1.82, 2.24) is 9.88 Å². The zero-order valence-electron chi connectivity index (χ0n) is 12.8. The Morgan fingerprint density at radius 3 is 2.61 bits per heavy atom. The third-order valence-electron chi connectivity index (χ3n) is 5.21. The molecule has 1 aromatic carbocycles. The molecule has 122 valence electrons. The summed E-state index contributed by atoms with van der Waals surface area (Å²) in [6.07, 6.45) is 4.99. The number of benzene rings is 1. The van der Waals surface area contributed by atoms with Crippen LogP contribution in [0.5, 0.6) is 0 Å². The number of piperidine rings is 1. The molecule has 2 bridgehead atoms. The Balaban J connectivity index is 1.67. The molecule has 1 N–H and O–H groups in total. The summed E-state index contributed by atoms with van der Waals surface area (Å²) in [4.78, 5) is 17.7. The average Bonchev–Trinajstić information content (AvgIpc) is 2.73. The van der Waals surface area contributed by atoms with E-state index in [0.29, 0.717) is 32.9 Å². The van der Waals surface area contributed by atoms with E-state index in [1.165, 1.54) is 31.7 Å². The van der Waals surface area contributed by atoms with Gasteiger partial charge in [0.05, 0.1) is 15.6 Å². The van der Waals surface area contributed by atoms with Gasteiger partial charge in [0.15, 0.2) is 0 Å². The van der Waals surface area contributed by atoms with E-state index < -0.39 is 0 Å². The predicted octanol–water partition coefficient (Wildman–Crippen LogP) is 4.55. The molecule has 0 aliphatic carbocycles. The van der Waals surface area contributed by atoms with Gasteiger partial charge in [-0.05, 0) is 44.9 Å². The molecular formula is C17H18Cl2N2OS. The molecule has 0 spiro atoms. The summed E-state index contributed by atoms with van der Waals surface area (Å²) >= 11 is 14.9. The maximum absolute atomic E-state index is 11.5. The Morgan fingerprint density at radius 1 is 1.22 bits per heavy atom. The largest absolute Gasteiger partial charge is 0.322 e. The molecule has 2 saturated heterocycles. The van der Waals surface area contributed by atoms with E-state index in [-0.39, 0.29) is 5.56 Å². The van der Waals surface area contributed by atoms with Crippen LogP contribution in [0, 0.1) is 0 Å². The molecule has 23 heavy (non-hydrogen) atoms. The van der Waals surface area contributed by atoms with Crippen molar-refractivity contribution in [2.24, 2.45) is 0 Å². The highest BCUT2D eigenvalue weighted by atomic mass is 35.5. The molecule has 4 rings (SSSR count). The fourth-order valence-corrected chi connectivity index (χ4v) is 6.09. The lowest BCUT2D eigenvalue weighted by Gasteiger charge is -2.36. The van der Waals surface area contributed by atoms with Crippen molar-refractivity contribution in [3.05, 3.63) is 38.6 Å². The molecular weight excluding hydrogens is 351 g/mol. The van der Waals surface area contributed by atoms with Crippen LogP contribution in [0.1, 0.15) is 25.7 Å². The molecule has 2 aliphatic rings. The molecule has 0 saturated carbocycles. The quantitative estimate of drug-likeness (QED) is 0.844. The molecule has 3 nitrogen and oxygen atoms in total. The number of aromatic amines is 1. The summed E-state index contributed by atoms with van der Waals surface area (Å²) in [6, 6.07) is 6.48. The predicted molar refractivity (Wildman–Crippen MR) is 98.0 cm³/mol. The van der Waals surface area contributed by atoms with Crippen molar-refractivity contribution in [2.75, 3.05) is 7.05 Å². The van der Waals surface area contributed by atoms with Crippen molar-refractivity contribution >= 4 is 45.9 Å². The summed E-state index contributed by atoms with van der Waals surface area (Å²) in [7, 11) is 2.25. The van der Waals surface area contributed by atoms with Crippen LogP contribution >= 0.6 is 35.0 Å². The SMILES string of the molecule is CN1[C@@H]2CC[C@H]1CC(Sc1c(Cl)cc3[nH]c(=O)ccc3c1Cl)C2. The van der Waals surface area contributed by atoms with Crippen LogP contribution in [-0.4, -0.2) is 34.3 Å². The van der Waals surface area contributed by atoms with Gasteiger partial charge in [0, 0.05) is 33.7 Å². The van der Waals surface area contributed by atoms with Crippen molar-refractivity contribution in [2.45, 2.75) is 47.9 Å². The Kier molecular flexibility index (Phi) is 4.12. The van der Waals surface area contributed by atoms with Crippen molar-refractivity contribution < 1.29 is 0 Å². The van der Waals surface area contributed by atoms with Gasteiger partial charge in [0.25, 0.3) is 0 Å². The van der Waals surface area contributed by atoms with Crippen LogP contribution in [0.15, 0.2) is 27.9 Å². The molecule has 3 heterocycles. The number of hydrogen-bond acceptors (Lipinski definition) is 3. The van der Waals surface area contributed by atoms with E-state index in [9.17, 15) is 4.79 Å². The standard InChI is InChI=1S/C17H18Cl2N2OS/c1-21-9-2-3-10(21)7-11(6-9)23-17-13(18)8-14-12(16(17)19)4-5-15(22)20-14/h4-5,8-11H,2-3,6-7H2,1H3,(H,20,22)/t9-,10+,11?. The molecule has 3 atom stereocenters. The zero-order chi connectivity index (χ0) is 16.1. The van der Waals surface area contributed by atoms with Crippen molar-refractivity contribution in [3.8, 4) is 0 Å². The van der Waals surface area contributed by atoms with Gasteiger partial charge in [0.1, 0.15) is 0 Å². The van der Waals surface area contributed by atoms with Gasteiger partial charge >= 0.3 is 0 Å². The first-order valence-electron chi connectivity index (χ1n) is 7.92. The van der Waals surface area contributed by atoms with Crippen LogP contribution in [-0.2, 0) is 0 Å². The molecule has 1 aromatic heterocycles. The lowest BCUT2D eigenvalue weighted by Crippen LogP contribution is -2.40. The normalized spacial score (nSPS) is 27.7. The summed E-state index contributed by atoms with van der Waals surface area (Å²) in [5, 5.41) is 2.69. The van der Waals surface area contributed by atoms with E-state index in [2.05, 4.69) is 16.9 Å². The van der Waals surface area contributed by atoms with Crippen molar-refractivity contribution in [1.29, 1.82) is 0 Å². The number of pyridine rings is 1. The highest BCUT2D eigenvalue weighted by Gasteiger charge is 2.39. The van der Waals surface area contributed by atoms with E-state index in [1.807, 2.05) is 6.07 Å². The minimum atomic E-state index is -0.142. The van der Waals surface area contributed by atoms with Gasteiger partial charge < -0.3 is 9.88 Å². The number of hydrogen-bond donors (Lipinski definition) is 1. The summed E-state index contributed by atoms with van der Waals surface area (Å²) in [6.45, 7) is 0.